The molecule has 112 valence electrons. The van der Waals surface area contributed by atoms with Crippen LogP contribution in [0, 0.1) is 13.8 Å². The second-order valence-electron chi connectivity index (χ2n) is 4.89. The molecule has 1 amide bonds. The van der Waals surface area contributed by atoms with Gasteiger partial charge >= 0.3 is 5.56 Å². The number of aromatic nitrogens is 3. The quantitative estimate of drug-likeness (QED) is 0.771. The Bertz CT molecular complexity index is 922. The number of nitrogens with one attached hydrogen (secondary N) is 1. The van der Waals surface area contributed by atoms with Gasteiger partial charge in [-0.2, -0.15) is 9.78 Å². The van der Waals surface area contributed by atoms with E-state index in [9.17, 15) is 9.59 Å². The van der Waals surface area contributed by atoms with E-state index in [2.05, 4.69) is 15.6 Å². The van der Waals surface area contributed by atoms with Crippen molar-refractivity contribution in [2.75, 3.05) is 7.05 Å². The lowest BCUT2D eigenvalue weighted by Gasteiger charge is -2.07. The molecule has 1 N–H and O–H groups in total. The Balaban J connectivity index is 2.16. The fourth-order valence-corrected chi connectivity index (χ4v) is 2.36. The van der Waals surface area contributed by atoms with Crippen molar-refractivity contribution < 1.29 is 9.32 Å². The summed E-state index contributed by atoms with van der Waals surface area (Å²) in [6, 6.07) is 6.60. The first-order chi connectivity index (χ1) is 10.5. The van der Waals surface area contributed by atoms with Gasteiger partial charge in [0, 0.05) is 12.6 Å². The average Bonchev–Trinajstić information content (AvgIpc) is 2.93. The lowest BCUT2D eigenvalue weighted by atomic mass is 10.2. The SMILES string of the molecule is CNC(=O)c1ccc(-n2nc(C)c3c(C)onc3c2=O)cc1. The van der Waals surface area contributed by atoms with E-state index in [4.69, 9.17) is 4.52 Å². The topological polar surface area (TPSA) is 90.0 Å². The number of hydrogen-bond acceptors (Lipinski definition) is 5. The Kier molecular flexibility index (Phi) is 3.25. The summed E-state index contributed by atoms with van der Waals surface area (Å²) in [7, 11) is 1.56. The molecule has 1 aromatic carbocycles. The second kappa shape index (κ2) is 5.10. The molecule has 0 unspecified atom stereocenters. The van der Waals surface area contributed by atoms with Gasteiger partial charge in [0.15, 0.2) is 5.52 Å². The van der Waals surface area contributed by atoms with Gasteiger partial charge in [-0.25, -0.2) is 0 Å². The van der Waals surface area contributed by atoms with Crippen molar-refractivity contribution in [2.24, 2.45) is 0 Å². The minimum atomic E-state index is -0.356. The van der Waals surface area contributed by atoms with Gasteiger partial charge in [0.1, 0.15) is 5.76 Å². The Morgan fingerprint density at radius 3 is 2.55 bits per heavy atom. The minimum absolute atomic E-state index is 0.189. The number of benzene rings is 1. The maximum Gasteiger partial charge on any atom is 0.301 e. The smallest absolute Gasteiger partial charge is 0.301 e. The molecule has 22 heavy (non-hydrogen) atoms. The molecule has 3 rings (SSSR count). The number of nitrogens with zero attached hydrogens (tertiary/aromatic N) is 3. The van der Waals surface area contributed by atoms with Gasteiger partial charge in [-0.3, -0.25) is 9.59 Å². The summed E-state index contributed by atoms with van der Waals surface area (Å²) in [5.41, 5.74) is 1.62. The van der Waals surface area contributed by atoms with E-state index < -0.39 is 0 Å². The van der Waals surface area contributed by atoms with Crippen LogP contribution in [-0.4, -0.2) is 27.9 Å². The van der Waals surface area contributed by atoms with Crippen LogP contribution < -0.4 is 10.9 Å². The third-order valence-corrected chi connectivity index (χ3v) is 3.47. The molecule has 0 bridgehead atoms. The molecule has 2 heterocycles. The molecule has 0 aliphatic heterocycles. The predicted molar refractivity (Wildman–Crippen MR) is 80.3 cm³/mol. The lowest BCUT2D eigenvalue weighted by molar-refractivity contribution is 0.0963. The zero-order valence-corrected chi connectivity index (χ0v) is 12.4. The van der Waals surface area contributed by atoms with Gasteiger partial charge < -0.3 is 9.84 Å². The molecule has 0 aliphatic rings. The van der Waals surface area contributed by atoms with E-state index in [-0.39, 0.29) is 17.0 Å². The van der Waals surface area contributed by atoms with Crippen molar-refractivity contribution in [3.63, 3.8) is 0 Å². The molecule has 0 saturated carbocycles. The molecule has 2 aromatic heterocycles. The molecule has 7 heteroatoms. The average molecular weight is 298 g/mol. The molecule has 7 nitrogen and oxygen atoms in total. The second-order valence-corrected chi connectivity index (χ2v) is 4.89. The fraction of sp³-hybridized carbons (Fsp3) is 0.200. The summed E-state index contributed by atoms with van der Waals surface area (Å²) < 4.78 is 6.33. The highest BCUT2D eigenvalue weighted by molar-refractivity contribution is 5.94. The van der Waals surface area contributed by atoms with Gasteiger partial charge in [0.25, 0.3) is 5.91 Å². The van der Waals surface area contributed by atoms with Gasteiger partial charge in [0.2, 0.25) is 0 Å². The minimum Gasteiger partial charge on any atom is -0.360 e. The third kappa shape index (κ3) is 2.07. The van der Waals surface area contributed by atoms with Crippen LogP contribution in [0.1, 0.15) is 21.8 Å². The number of carbonyl (C=O) groups excluding carboxylic acids is 1. The van der Waals surface area contributed by atoms with Crippen LogP contribution in [0.5, 0.6) is 0 Å². The van der Waals surface area contributed by atoms with Crippen LogP contribution in [0.2, 0.25) is 0 Å². The molecule has 0 fully saturated rings. The highest BCUT2D eigenvalue weighted by Crippen LogP contribution is 2.18. The monoisotopic (exact) mass is 298 g/mol. The molecular formula is C15H14N4O3. The molecule has 0 saturated heterocycles. The first kappa shape index (κ1) is 14.0. The summed E-state index contributed by atoms with van der Waals surface area (Å²) in [5.74, 6) is 0.379. The maximum atomic E-state index is 12.5. The van der Waals surface area contributed by atoms with E-state index in [1.54, 1.807) is 45.2 Å². The summed E-state index contributed by atoms with van der Waals surface area (Å²) in [6.45, 7) is 3.54. The Morgan fingerprint density at radius 2 is 1.91 bits per heavy atom. The Morgan fingerprint density at radius 1 is 1.23 bits per heavy atom. The van der Waals surface area contributed by atoms with Gasteiger partial charge in [-0.15, -0.1) is 0 Å². The first-order valence-electron chi connectivity index (χ1n) is 6.71. The molecule has 0 radical (unpaired) electrons. The number of aryl methyl sites for hydroxylation is 2. The van der Waals surface area contributed by atoms with Crippen LogP contribution in [0.25, 0.3) is 16.6 Å². The van der Waals surface area contributed by atoms with Gasteiger partial charge in [-0.1, -0.05) is 5.16 Å². The van der Waals surface area contributed by atoms with E-state index in [1.807, 2.05) is 0 Å². The lowest BCUT2D eigenvalue weighted by Crippen LogP contribution is -2.23. The highest BCUT2D eigenvalue weighted by atomic mass is 16.5. The largest absolute Gasteiger partial charge is 0.360 e. The first-order valence-corrected chi connectivity index (χ1v) is 6.71. The van der Waals surface area contributed by atoms with Gasteiger partial charge in [-0.05, 0) is 38.1 Å². The summed E-state index contributed by atoms with van der Waals surface area (Å²) in [6.07, 6.45) is 0. The molecule has 0 aliphatic carbocycles. The van der Waals surface area contributed by atoms with Crippen LogP contribution in [0.4, 0.5) is 0 Å². The fourth-order valence-electron chi connectivity index (χ4n) is 2.36. The normalized spacial score (nSPS) is 10.9. The number of amides is 1. The van der Waals surface area contributed by atoms with Crippen molar-refractivity contribution in [3.05, 3.63) is 51.6 Å². The zero-order valence-electron chi connectivity index (χ0n) is 12.4. The van der Waals surface area contributed by atoms with Crippen molar-refractivity contribution in [1.82, 2.24) is 20.3 Å². The maximum absolute atomic E-state index is 12.5. The number of hydrogen-bond donors (Lipinski definition) is 1. The number of rotatable bonds is 2. The highest BCUT2D eigenvalue weighted by Gasteiger charge is 2.16. The molecule has 3 aromatic rings. The van der Waals surface area contributed by atoms with E-state index in [1.165, 1.54) is 4.68 Å². The number of carbonyl (C=O) groups is 1. The molecule has 0 spiro atoms. The Hall–Kier alpha value is -2.96. The number of fused-ring (bicyclic) bond motifs is 1. The van der Waals surface area contributed by atoms with E-state index in [0.29, 0.717) is 28.1 Å². The van der Waals surface area contributed by atoms with Crippen molar-refractivity contribution in [2.45, 2.75) is 13.8 Å². The molecular weight excluding hydrogens is 284 g/mol. The van der Waals surface area contributed by atoms with Gasteiger partial charge in [0.05, 0.1) is 16.8 Å². The summed E-state index contributed by atoms with van der Waals surface area (Å²) >= 11 is 0. The Labute approximate surface area is 125 Å². The van der Waals surface area contributed by atoms with Crippen molar-refractivity contribution in [3.8, 4) is 5.69 Å². The predicted octanol–water partition coefficient (Wildman–Crippen LogP) is 1.35. The van der Waals surface area contributed by atoms with E-state index >= 15 is 0 Å². The third-order valence-electron chi connectivity index (χ3n) is 3.47. The zero-order chi connectivity index (χ0) is 15.9. The summed E-state index contributed by atoms with van der Waals surface area (Å²) in [4.78, 5) is 24.0. The van der Waals surface area contributed by atoms with E-state index in [0.717, 1.165) is 0 Å². The summed E-state index contributed by atoms with van der Waals surface area (Å²) in [5, 5.41) is 11.3. The standard InChI is InChI=1S/C15H14N4O3/c1-8-12-9(2)22-18-13(12)15(21)19(17-8)11-6-4-10(5-7-11)14(20)16-3/h4-7H,1-3H3,(H,16,20). The van der Waals surface area contributed by atoms with Crippen LogP contribution in [-0.2, 0) is 0 Å². The van der Waals surface area contributed by atoms with Crippen LogP contribution >= 0.6 is 0 Å². The van der Waals surface area contributed by atoms with Crippen LogP contribution in [0.15, 0.2) is 33.6 Å². The van der Waals surface area contributed by atoms with Crippen molar-refractivity contribution >= 4 is 16.8 Å². The van der Waals surface area contributed by atoms with Crippen LogP contribution in [0.3, 0.4) is 0 Å². The molecule has 0 atom stereocenters. The van der Waals surface area contributed by atoms with Crippen molar-refractivity contribution in [1.29, 1.82) is 0 Å².